The predicted octanol–water partition coefficient (Wildman–Crippen LogP) is 4.61. The second kappa shape index (κ2) is 6.94. The van der Waals surface area contributed by atoms with Gasteiger partial charge in [0.15, 0.2) is 0 Å². The van der Waals surface area contributed by atoms with Crippen molar-refractivity contribution in [1.29, 1.82) is 0 Å². The third kappa shape index (κ3) is 4.16. The fourth-order valence-electron chi connectivity index (χ4n) is 3.60. The van der Waals surface area contributed by atoms with E-state index in [1.165, 1.54) is 35.3 Å². The molecular weight excluding hydrogens is 326 g/mol. The van der Waals surface area contributed by atoms with Crippen LogP contribution in [0.4, 0.5) is 0 Å². The molecule has 1 heterocycles. The van der Waals surface area contributed by atoms with Gasteiger partial charge in [0.1, 0.15) is 6.10 Å². The van der Waals surface area contributed by atoms with Gasteiger partial charge < -0.3 is 10.4 Å². The monoisotopic (exact) mass is 349 g/mol. The third-order valence-corrected chi connectivity index (χ3v) is 6.12. The second-order valence-electron chi connectivity index (χ2n) is 7.16. The number of rotatable bonds is 6. The first-order chi connectivity index (χ1) is 10.9. The Bertz CT molecular complexity index is 642. The molecule has 0 amide bonds. The van der Waals surface area contributed by atoms with Crippen molar-refractivity contribution in [3.63, 3.8) is 0 Å². The summed E-state index contributed by atoms with van der Waals surface area (Å²) in [6, 6.07) is 10.6. The van der Waals surface area contributed by atoms with Crippen molar-refractivity contribution in [3.8, 4) is 0 Å². The second-order valence-corrected chi connectivity index (χ2v) is 8.52. The molecule has 0 bridgehead atoms. The van der Waals surface area contributed by atoms with E-state index >= 15 is 0 Å². The minimum absolute atomic E-state index is 0.00255. The zero-order valence-corrected chi connectivity index (χ0v) is 15.3. The summed E-state index contributed by atoms with van der Waals surface area (Å²) in [4.78, 5) is 0.850. The van der Waals surface area contributed by atoms with E-state index in [2.05, 4.69) is 43.4 Å². The van der Waals surface area contributed by atoms with Crippen LogP contribution < -0.4 is 5.32 Å². The lowest BCUT2D eigenvalue weighted by atomic mass is 9.88. The number of halogens is 1. The van der Waals surface area contributed by atoms with Gasteiger partial charge in [0.2, 0.25) is 0 Å². The molecule has 1 atom stereocenters. The highest BCUT2D eigenvalue weighted by atomic mass is 35.5. The van der Waals surface area contributed by atoms with Gasteiger partial charge in [0, 0.05) is 12.1 Å². The average molecular weight is 350 g/mol. The molecule has 0 saturated carbocycles. The number of β-amino-alcohol motifs (C(OH)–C–C–N with tert-alkyl or cyclic N) is 1. The van der Waals surface area contributed by atoms with Crippen LogP contribution in [0.25, 0.3) is 0 Å². The fraction of sp³-hybridized carbons (Fsp3) is 0.474. The van der Waals surface area contributed by atoms with E-state index in [0.717, 1.165) is 11.3 Å². The Balaban J connectivity index is 1.53. The maximum Gasteiger partial charge on any atom is 0.102 e. The molecule has 0 saturated heterocycles. The summed E-state index contributed by atoms with van der Waals surface area (Å²) >= 11 is 7.61. The molecular formula is C19H24ClNOS. The van der Waals surface area contributed by atoms with Gasteiger partial charge in [-0.1, -0.05) is 35.9 Å². The van der Waals surface area contributed by atoms with Crippen molar-refractivity contribution in [1.82, 2.24) is 5.32 Å². The first-order valence-corrected chi connectivity index (χ1v) is 9.43. The molecule has 4 heteroatoms. The van der Waals surface area contributed by atoms with E-state index in [1.54, 1.807) is 0 Å². The molecule has 2 N–H and O–H groups in total. The summed E-state index contributed by atoms with van der Waals surface area (Å²) in [5.41, 5.74) is 3.00. The van der Waals surface area contributed by atoms with E-state index in [-0.39, 0.29) is 5.54 Å². The highest BCUT2D eigenvalue weighted by Crippen LogP contribution is 2.33. The van der Waals surface area contributed by atoms with Crippen LogP contribution in [-0.4, -0.2) is 17.2 Å². The molecule has 0 radical (unpaired) electrons. The van der Waals surface area contributed by atoms with Gasteiger partial charge in [0.25, 0.3) is 0 Å². The Morgan fingerprint density at radius 1 is 1.26 bits per heavy atom. The number of fused-ring (bicyclic) bond motifs is 1. The van der Waals surface area contributed by atoms with E-state index in [4.69, 9.17) is 11.6 Å². The van der Waals surface area contributed by atoms with Gasteiger partial charge in [-0.05, 0) is 61.6 Å². The first-order valence-electron chi connectivity index (χ1n) is 8.17. The van der Waals surface area contributed by atoms with Gasteiger partial charge in [0.05, 0.1) is 9.90 Å². The molecule has 0 fully saturated rings. The maximum absolute atomic E-state index is 10.3. The SMILES string of the molecule is CC(C)(CC1Cc2ccccc2C1)NCC(O)c1sccc1Cl. The Morgan fingerprint density at radius 3 is 2.48 bits per heavy atom. The van der Waals surface area contributed by atoms with E-state index < -0.39 is 6.10 Å². The van der Waals surface area contributed by atoms with Crippen molar-refractivity contribution >= 4 is 22.9 Å². The smallest absolute Gasteiger partial charge is 0.102 e. The van der Waals surface area contributed by atoms with Crippen LogP contribution >= 0.6 is 22.9 Å². The first kappa shape index (κ1) is 17.0. The molecule has 3 rings (SSSR count). The van der Waals surface area contributed by atoms with Crippen molar-refractivity contribution in [2.75, 3.05) is 6.54 Å². The number of hydrogen-bond acceptors (Lipinski definition) is 3. The molecule has 1 aromatic heterocycles. The van der Waals surface area contributed by atoms with Crippen LogP contribution in [0.1, 0.15) is 42.4 Å². The number of aliphatic hydroxyl groups excluding tert-OH is 1. The molecule has 1 aliphatic rings. The van der Waals surface area contributed by atoms with Crippen molar-refractivity contribution in [2.45, 2.75) is 44.8 Å². The third-order valence-electron chi connectivity index (χ3n) is 4.66. The highest BCUT2D eigenvalue weighted by molar-refractivity contribution is 7.10. The summed E-state index contributed by atoms with van der Waals surface area (Å²) in [5.74, 6) is 0.678. The lowest BCUT2D eigenvalue weighted by molar-refractivity contribution is 0.158. The zero-order valence-electron chi connectivity index (χ0n) is 13.7. The van der Waals surface area contributed by atoms with E-state index in [1.807, 2.05) is 11.4 Å². The molecule has 0 aliphatic heterocycles. The number of hydrogen-bond donors (Lipinski definition) is 2. The fourth-order valence-corrected chi connectivity index (χ4v) is 4.77. The largest absolute Gasteiger partial charge is 0.386 e. The summed E-state index contributed by atoms with van der Waals surface area (Å²) in [6.45, 7) is 4.98. The van der Waals surface area contributed by atoms with Gasteiger partial charge in [-0.15, -0.1) is 11.3 Å². The average Bonchev–Trinajstić information content (AvgIpc) is 3.09. The van der Waals surface area contributed by atoms with Crippen LogP contribution in [0.3, 0.4) is 0 Å². The predicted molar refractivity (Wildman–Crippen MR) is 98.3 cm³/mol. The molecule has 1 aliphatic carbocycles. The molecule has 0 spiro atoms. The van der Waals surface area contributed by atoms with E-state index in [0.29, 0.717) is 17.5 Å². The highest BCUT2D eigenvalue weighted by Gasteiger charge is 2.28. The van der Waals surface area contributed by atoms with Crippen LogP contribution in [0.5, 0.6) is 0 Å². The topological polar surface area (TPSA) is 32.3 Å². The van der Waals surface area contributed by atoms with Crippen LogP contribution in [-0.2, 0) is 12.8 Å². The Morgan fingerprint density at radius 2 is 1.91 bits per heavy atom. The van der Waals surface area contributed by atoms with Gasteiger partial charge in [-0.3, -0.25) is 0 Å². The van der Waals surface area contributed by atoms with Gasteiger partial charge >= 0.3 is 0 Å². The Hall–Kier alpha value is -0.870. The normalized spacial score (nSPS) is 16.5. The van der Waals surface area contributed by atoms with Crippen molar-refractivity contribution in [3.05, 3.63) is 56.7 Å². The Kier molecular flexibility index (Phi) is 5.12. The van der Waals surface area contributed by atoms with Gasteiger partial charge in [-0.25, -0.2) is 0 Å². The molecule has 1 unspecified atom stereocenters. The number of aliphatic hydroxyl groups is 1. The minimum atomic E-state index is -0.539. The number of thiophene rings is 1. The van der Waals surface area contributed by atoms with Crippen LogP contribution in [0.2, 0.25) is 5.02 Å². The summed E-state index contributed by atoms with van der Waals surface area (Å²) in [7, 11) is 0. The lowest BCUT2D eigenvalue weighted by Crippen LogP contribution is -2.43. The summed E-state index contributed by atoms with van der Waals surface area (Å²) in [6.07, 6.45) is 2.90. The number of nitrogens with one attached hydrogen (secondary N) is 1. The molecule has 1 aromatic carbocycles. The Labute approximate surface area is 147 Å². The molecule has 23 heavy (non-hydrogen) atoms. The zero-order chi connectivity index (χ0) is 16.4. The van der Waals surface area contributed by atoms with E-state index in [9.17, 15) is 5.11 Å². The van der Waals surface area contributed by atoms with Crippen LogP contribution in [0, 0.1) is 5.92 Å². The molecule has 2 nitrogen and oxygen atoms in total. The lowest BCUT2D eigenvalue weighted by Gasteiger charge is -2.30. The minimum Gasteiger partial charge on any atom is -0.386 e. The maximum atomic E-state index is 10.3. The number of benzene rings is 1. The van der Waals surface area contributed by atoms with Crippen molar-refractivity contribution in [2.24, 2.45) is 5.92 Å². The molecule has 124 valence electrons. The summed E-state index contributed by atoms with van der Waals surface area (Å²) < 4.78 is 0. The summed E-state index contributed by atoms with van der Waals surface area (Å²) in [5, 5.41) is 16.4. The van der Waals surface area contributed by atoms with Crippen LogP contribution in [0.15, 0.2) is 35.7 Å². The molecule has 2 aromatic rings. The quantitative estimate of drug-likeness (QED) is 0.798. The van der Waals surface area contributed by atoms with Crippen molar-refractivity contribution < 1.29 is 5.11 Å². The standard InChI is InChI=1S/C19H24ClNOS/c1-19(2,21-12-17(22)18-16(20)7-8-23-18)11-13-9-14-5-3-4-6-15(14)10-13/h3-8,13,17,21-22H,9-12H2,1-2H3. The van der Waals surface area contributed by atoms with Gasteiger partial charge in [-0.2, -0.15) is 0 Å².